The summed E-state index contributed by atoms with van der Waals surface area (Å²) in [6.07, 6.45) is 8.39. The molecule has 0 saturated carbocycles. The number of halogens is 2. The Hall–Kier alpha value is -3.80. The summed E-state index contributed by atoms with van der Waals surface area (Å²) in [5, 5.41) is 11.4. The van der Waals surface area contributed by atoms with E-state index in [9.17, 15) is 9.59 Å². The second-order valence-corrected chi connectivity index (χ2v) is 16.3. The molecule has 0 radical (unpaired) electrons. The van der Waals surface area contributed by atoms with Gasteiger partial charge in [0.1, 0.15) is 34.6 Å². The number of anilines is 2. The number of rotatable bonds is 11. The van der Waals surface area contributed by atoms with Crippen LogP contribution in [0.2, 0.25) is 5.02 Å². The molecule has 2 aliphatic rings. The molecule has 314 valence electrons. The average Bonchev–Trinajstić information content (AvgIpc) is 3.10. The predicted molar refractivity (Wildman–Crippen MR) is 228 cm³/mol. The van der Waals surface area contributed by atoms with Crippen LogP contribution in [0.1, 0.15) is 87.1 Å². The quantitative estimate of drug-likeness (QED) is 0.165. The summed E-state index contributed by atoms with van der Waals surface area (Å²) in [4.78, 5) is 33.1. The smallest absolute Gasteiger partial charge is 0.586 e. The number of piperidine rings is 1. The van der Waals surface area contributed by atoms with Crippen LogP contribution < -0.4 is 25.0 Å². The van der Waals surface area contributed by atoms with Crippen LogP contribution in [-0.4, -0.2) is 74.3 Å². The molecule has 2 aromatic carbocycles. The zero-order valence-electron chi connectivity index (χ0n) is 35.1. The fourth-order valence-corrected chi connectivity index (χ4v) is 6.51. The van der Waals surface area contributed by atoms with Crippen molar-refractivity contribution in [3.05, 3.63) is 69.7 Å². The Bertz CT molecular complexity index is 1760. The third kappa shape index (κ3) is 14.8. The molecule has 0 atom stereocenters. The molecule has 13 nitrogen and oxygen atoms in total. The number of nitrogens with one attached hydrogen (secondary N) is 1. The van der Waals surface area contributed by atoms with E-state index in [2.05, 4.69) is 38.8 Å². The monoisotopic (exact) mass is 999 g/mol. The van der Waals surface area contributed by atoms with E-state index in [1.165, 1.54) is 7.11 Å². The molecule has 1 spiro atoms. The zero-order chi connectivity index (χ0) is 41.8. The topological polar surface area (TPSA) is 156 Å². The van der Waals surface area contributed by atoms with Crippen LogP contribution in [0.4, 0.5) is 32.3 Å². The Morgan fingerprint density at radius 3 is 2.19 bits per heavy atom. The van der Waals surface area contributed by atoms with Gasteiger partial charge in [0.15, 0.2) is 0 Å². The molecule has 0 aliphatic carbocycles. The standard InChI is InChI=1S/C27H41N6O2.C14H19Cl2NO4.W/c1-7-8-13-30-24(29-6)16-20(2)31-23-10-9-21(17-22(23)28)33-18-27(19-33)11-14-32(15-12-27)25(34)35-26(3,4)5;1-6-8-7-9(19-5)10(15)11(12(8)21-16)17-13(18)20-14(2,3)4;/h8-10,13,16-17H,7,11-12,14-15,18-19,28H2,1-6H3,(H-,29,30,31);7H,6H2,1-5H3,(H,17,18);/q-1;;+2/p-1/b13-8+;;. The number of methoxy groups -OCH3 is 1. The number of carbonyl (C=O) groups is 2. The summed E-state index contributed by atoms with van der Waals surface area (Å²) in [6, 6.07) is 7.76. The SMILES string of the molecule is CC/C=C/N/C(=C\C(C)=Nc1ccc(N2CC3(CCN(C(=O)OC(C)(C)C)CC3)C2)cc1N)[N-]C.CCc1cc(OC)c(Cl)c([N-]C(=O)OC(C)(C)C)c1OCl.[W+2]. The van der Waals surface area contributed by atoms with Gasteiger partial charge in [-0.3, -0.25) is 9.79 Å². The number of hydrogen-bond donors (Lipinski definition) is 2. The minimum Gasteiger partial charge on any atom is -0.586 e. The van der Waals surface area contributed by atoms with Crippen LogP contribution in [0.5, 0.6) is 11.5 Å². The zero-order valence-corrected chi connectivity index (χ0v) is 39.6. The van der Waals surface area contributed by atoms with Crippen molar-refractivity contribution in [2.75, 3.05) is 51.0 Å². The van der Waals surface area contributed by atoms with Crippen molar-refractivity contribution >= 4 is 64.1 Å². The Kier molecular flexibility index (Phi) is 18.9. The van der Waals surface area contributed by atoms with Gasteiger partial charge in [0.2, 0.25) is 6.09 Å². The first-order valence-corrected chi connectivity index (χ1v) is 19.5. The molecular weight excluding hydrogens is 941 g/mol. The van der Waals surface area contributed by atoms with Crippen molar-refractivity contribution in [3.8, 4) is 11.5 Å². The molecule has 2 aliphatic heterocycles. The molecular formula is C41H59Cl2N7O6W. The van der Waals surface area contributed by atoms with Crippen LogP contribution in [-0.2, 0) is 37.0 Å². The van der Waals surface area contributed by atoms with Gasteiger partial charge in [0, 0.05) is 43.0 Å². The van der Waals surface area contributed by atoms with Gasteiger partial charge in [-0.05, 0) is 110 Å². The first-order chi connectivity index (χ1) is 26.3. The van der Waals surface area contributed by atoms with Gasteiger partial charge >= 0.3 is 27.2 Å². The Morgan fingerprint density at radius 1 is 1.05 bits per heavy atom. The summed E-state index contributed by atoms with van der Waals surface area (Å²) >= 11 is 11.7. The van der Waals surface area contributed by atoms with Gasteiger partial charge in [-0.25, -0.2) is 4.79 Å². The molecule has 0 unspecified atom stereocenters. The molecule has 2 aromatic rings. The van der Waals surface area contributed by atoms with E-state index in [1.807, 2.05) is 70.0 Å². The van der Waals surface area contributed by atoms with E-state index in [-0.39, 0.29) is 49.0 Å². The normalized spacial score (nSPS) is 15.5. The predicted octanol–water partition coefficient (Wildman–Crippen LogP) is 10.9. The summed E-state index contributed by atoms with van der Waals surface area (Å²) < 4.78 is 20.6. The molecule has 4 rings (SSSR count). The average molecular weight is 1000 g/mol. The number of nitrogens with two attached hydrogens (primary N) is 1. The Morgan fingerprint density at radius 2 is 1.68 bits per heavy atom. The third-order valence-electron chi connectivity index (χ3n) is 8.88. The number of benzene rings is 2. The second-order valence-electron chi connectivity index (χ2n) is 15.8. The third-order valence-corrected chi connectivity index (χ3v) is 9.40. The number of carbonyl (C=O) groups excluding carboxylic acids is 2. The van der Waals surface area contributed by atoms with Crippen LogP contribution in [0.15, 0.2) is 53.4 Å². The van der Waals surface area contributed by atoms with E-state index in [4.69, 9.17) is 47.7 Å². The van der Waals surface area contributed by atoms with Crippen molar-refractivity contribution < 1.29 is 49.2 Å². The molecule has 3 N–H and O–H groups in total. The molecule has 0 bridgehead atoms. The van der Waals surface area contributed by atoms with Crippen LogP contribution in [0.3, 0.4) is 0 Å². The summed E-state index contributed by atoms with van der Waals surface area (Å²) in [6.45, 7) is 20.3. The van der Waals surface area contributed by atoms with E-state index in [1.54, 1.807) is 33.9 Å². The molecule has 2 amide bonds. The van der Waals surface area contributed by atoms with Crippen molar-refractivity contribution in [1.82, 2.24) is 10.2 Å². The Balaban J connectivity index is 0.000000438. The second kappa shape index (κ2) is 21.8. The number of hydrogen-bond acceptors (Lipinski definition) is 10. The van der Waals surface area contributed by atoms with Gasteiger partial charge in [-0.2, -0.15) is 0 Å². The molecule has 0 aromatic heterocycles. The van der Waals surface area contributed by atoms with Crippen molar-refractivity contribution in [2.45, 2.75) is 99.2 Å². The molecule has 57 heavy (non-hydrogen) atoms. The number of allylic oxidation sites excluding steroid dienone is 2. The van der Waals surface area contributed by atoms with E-state index in [0.29, 0.717) is 23.4 Å². The van der Waals surface area contributed by atoms with Crippen molar-refractivity contribution in [1.29, 1.82) is 0 Å². The maximum atomic E-state index is 12.4. The number of nitrogens with zero attached hydrogens (tertiary/aromatic N) is 5. The van der Waals surface area contributed by atoms with Gasteiger partial charge in [0.05, 0.1) is 23.5 Å². The number of amides is 2. The number of likely N-dealkylation sites (tertiary alicyclic amines) is 1. The number of aliphatic imine (C=N–C) groups is 1. The number of nitrogen functional groups attached to an aromatic ring is 1. The minimum atomic E-state index is -0.783. The van der Waals surface area contributed by atoms with E-state index < -0.39 is 17.3 Å². The maximum Gasteiger partial charge on any atom is 2.00 e. The maximum absolute atomic E-state index is 12.4. The Labute approximate surface area is 363 Å². The summed E-state index contributed by atoms with van der Waals surface area (Å²) in [5.74, 6) is 1.35. The number of aryl methyl sites for hydroxylation is 1. The van der Waals surface area contributed by atoms with Gasteiger partial charge in [-0.15, -0.1) is 0 Å². The molecule has 2 saturated heterocycles. The largest absolute Gasteiger partial charge is 2.00 e. The van der Waals surface area contributed by atoms with E-state index >= 15 is 0 Å². The van der Waals surface area contributed by atoms with Crippen molar-refractivity contribution in [3.63, 3.8) is 0 Å². The minimum absolute atomic E-state index is 0. The molecule has 16 heteroatoms. The van der Waals surface area contributed by atoms with E-state index in [0.717, 1.165) is 68.3 Å². The van der Waals surface area contributed by atoms with Crippen molar-refractivity contribution in [2.24, 2.45) is 10.4 Å². The first-order valence-electron chi connectivity index (χ1n) is 18.8. The summed E-state index contributed by atoms with van der Waals surface area (Å²) in [7, 11) is 3.22. The number of ether oxygens (including phenoxy) is 3. The van der Waals surface area contributed by atoms with Crippen LogP contribution in [0.25, 0.3) is 10.6 Å². The van der Waals surface area contributed by atoms with Gasteiger partial charge < -0.3 is 50.0 Å². The molecule has 2 fully saturated rings. The fraction of sp³-hybridized carbons (Fsp3) is 0.537. The molecule has 2 heterocycles. The first kappa shape index (κ1) is 49.3. The fourth-order valence-electron chi connectivity index (χ4n) is 6.07. The van der Waals surface area contributed by atoms with Gasteiger partial charge in [0.25, 0.3) is 0 Å². The van der Waals surface area contributed by atoms with Crippen LogP contribution >= 0.6 is 23.5 Å². The summed E-state index contributed by atoms with van der Waals surface area (Å²) in [5.41, 5.74) is 9.66. The van der Waals surface area contributed by atoms with Crippen LogP contribution in [0, 0.1) is 5.41 Å². The van der Waals surface area contributed by atoms with Gasteiger partial charge in [-0.1, -0.05) is 56.3 Å².